The number of benzene rings is 3. The fourth-order valence-corrected chi connectivity index (χ4v) is 11.4. The third-order valence-electron chi connectivity index (χ3n) is 11.9. The molecule has 2 aromatic heterocycles. The van der Waals surface area contributed by atoms with Gasteiger partial charge in [0.15, 0.2) is 0 Å². The third kappa shape index (κ3) is 5.28. The first kappa shape index (κ1) is 40.0. The summed E-state index contributed by atoms with van der Waals surface area (Å²) in [6.07, 6.45) is 3.13. The van der Waals surface area contributed by atoms with Crippen molar-refractivity contribution in [1.82, 2.24) is 18.9 Å². The van der Waals surface area contributed by atoms with E-state index in [1.165, 1.54) is 12.1 Å². The Labute approximate surface area is 365 Å². The van der Waals surface area contributed by atoms with E-state index in [0.29, 0.717) is 25.7 Å². The second kappa shape index (κ2) is 14.1. The second-order valence-electron chi connectivity index (χ2n) is 14.7. The van der Waals surface area contributed by atoms with Crippen LogP contribution in [0.25, 0.3) is 21.5 Å². The number of carbonyl (C=O) groups excluding carboxylic acids is 4. The highest BCUT2D eigenvalue weighted by atomic mass is 35.5. The molecule has 0 bridgehead atoms. The van der Waals surface area contributed by atoms with Crippen molar-refractivity contribution in [2.45, 2.75) is 75.5 Å². The van der Waals surface area contributed by atoms with E-state index in [0.717, 1.165) is 18.9 Å². The molecule has 0 saturated heterocycles. The Kier molecular flexibility index (Phi) is 9.69. The molecule has 0 unspecified atom stereocenters. The van der Waals surface area contributed by atoms with Gasteiger partial charge in [0.05, 0.1) is 108 Å². The highest BCUT2D eigenvalue weighted by molar-refractivity contribution is 6.56. The summed E-state index contributed by atoms with van der Waals surface area (Å²) in [5, 5.41) is -2.48. The number of imide groups is 2. The van der Waals surface area contributed by atoms with Gasteiger partial charge in [-0.15, -0.1) is 0 Å². The molecule has 2 saturated carbocycles. The lowest BCUT2D eigenvalue weighted by Gasteiger charge is -2.36. The van der Waals surface area contributed by atoms with Crippen molar-refractivity contribution in [1.29, 1.82) is 0 Å². The Morgan fingerprint density at radius 3 is 0.810 bits per heavy atom. The van der Waals surface area contributed by atoms with Gasteiger partial charge in [-0.1, -0.05) is 118 Å². The molecular formula is C38H22Cl8N4O8. The number of nitrogens with zero attached hydrogens (tertiary/aromatic N) is 4. The number of amides is 4. The van der Waals surface area contributed by atoms with Crippen LogP contribution in [0.4, 0.5) is 0 Å². The zero-order chi connectivity index (χ0) is 41.5. The average molecular weight is 946 g/mol. The lowest BCUT2D eigenvalue weighted by Crippen LogP contribution is -2.50. The molecule has 5 aromatic rings. The molecule has 20 heteroatoms. The molecule has 0 radical (unpaired) electrons. The quantitative estimate of drug-likeness (QED) is 0.0986. The molecule has 12 nitrogen and oxygen atoms in total. The van der Waals surface area contributed by atoms with E-state index in [4.69, 9.17) is 92.8 Å². The molecule has 4 aliphatic rings. The number of carbonyl (C=O) groups is 4. The molecular weight excluding hydrogens is 924 g/mol. The summed E-state index contributed by atoms with van der Waals surface area (Å²) in [6.45, 7) is 0. The van der Waals surface area contributed by atoms with Crippen LogP contribution < -0.4 is 22.2 Å². The van der Waals surface area contributed by atoms with Gasteiger partial charge in [0.2, 0.25) is 0 Å². The van der Waals surface area contributed by atoms with Gasteiger partial charge in [-0.2, -0.15) is 0 Å². The molecule has 0 N–H and O–H groups in total. The van der Waals surface area contributed by atoms with Crippen LogP contribution in [0, 0.1) is 0 Å². The Balaban J connectivity index is 1.12. The number of aromatic nitrogens is 2. The van der Waals surface area contributed by atoms with Gasteiger partial charge in [0, 0.05) is 0 Å². The topological polar surface area (TPSA) is 153 Å². The van der Waals surface area contributed by atoms with E-state index < -0.39 is 70.0 Å². The van der Waals surface area contributed by atoms with Crippen molar-refractivity contribution in [2.24, 2.45) is 0 Å². The SMILES string of the molecule is O=C1c2c(Cl)c(Cl)c(Cl)c(Cl)c2C(=O)N1[C@@H]1CCCC[C@H]1n1c(=O)c2cc3c(=O)n([C@@H]4CCCC[C@H]4N4C(=O)c5c(Cl)c(Cl)c(Cl)c(Cl)c5C4=O)c(=O)c3cc2c1=O. The van der Waals surface area contributed by atoms with Crippen molar-refractivity contribution in [2.75, 3.05) is 0 Å². The van der Waals surface area contributed by atoms with Crippen LogP contribution in [0.5, 0.6) is 0 Å². The predicted molar refractivity (Wildman–Crippen MR) is 221 cm³/mol. The number of hydrogen-bond donors (Lipinski definition) is 0. The van der Waals surface area contributed by atoms with E-state index >= 15 is 0 Å². The van der Waals surface area contributed by atoms with Crippen LogP contribution in [-0.4, -0.2) is 54.6 Å². The lowest BCUT2D eigenvalue weighted by atomic mass is 9.89. The van der Waals surface area contributed by atoms with Gasteiger partial charge in [-0.25, -0.2) is 0 Å². The molecule has 58 heavy (non-hydrogen) atoms. The Bertz CT molecular complexity index is 2650. The van der Waals surface area contributed by atoms with Gasteiger partial charge >= 0.3 is 0 Å². The van der Waals surface area contributed by atoms with Gasteiger partial charge < -0.3 is 0 Å². The number of halogens is 8. The molecule has 298 valence electrons. The van der Waals surface area contributed by atoms with Gasteiger partial charge in [-0.05, 0) is 37.8 Å². The highest BCUT2D eigenvalue weighted by Crippen LogP contribution is 2.48. The van der Waals surface area contributed by atoms with Crippen LogP contribution in [0.15, 0.2) is 31.3 Å². The molecule has 0 spiro atoms. The smallest absolute Gasteiger partial charge is 0.263 e. The van der Waals surface area contributed by atoms with Crippen LogP contribution >= 0.6 is 92.8 Å². The molecule has 9 rings (SSSR count). The van der Waals surface area contributed by atoms with Crippen LogP contribution in [0.3, 0.4) is 0 Å². The van der Waals surface area contributed by atoms with E-state index in [1.807, 2.05) is 0 Å². The second-order valence-corrected chi connectivity index (χ2v) is 17.7. The van der Waals surface area contributed by atoms with E-state index in [-0.39, 0.29) is 110 Å². The van der Waals surface area contributed by atoms with E-state index in [1.54, 1.807) is 0 Å². The first-order valence-corrected chi connectivity index (χ1v) is 20.9. The standard InChI is InChI=1S/C38H22Cl8N4O8/c39-23-19-20(24(40)28(44)27(23)43)36(56)49(35(19)55)17-7-3-1-5-15(17)47-31(51)11-9-13-14(10-12(11)32(47)52)34(54)48(33(13)53)16-6-2-4-8-18(16)50-37(57)21-22(38(50)58)26(42)30(46)29(45)25(21)41/h9-10,15-18H,1-8H2/t15-,16-,17-,18-/m1/s1. The Morgan fingerprint density at radius 2 is 0.569 bits per heavy atom. The fraction of sp³-hybridized carbons (Fsp3) is 0.316. The minimum absolute atomic E-state index is 0.151. The first-order chi connectivity index (χ1) is 27.5. The highest BCUT2D eigenvalue weighted by Gasteiger charge is 2.50. The summed E-state index contributed by atoms with van der Waals surface area (Å²) in [7, 11) is 0. The summed E-state index contributed by atoms with van der Waals surface area (Å²) in [4.78, 5) is 114. The first-order valence-electron chi connectivity index (χ1n) is 17.9. The van der Waals surface area contributed by atoms with Crippen molar-refractivity contribution < 1.29 is 19.2 Å². The fourth-order valence-electron chi connectivity index (χ4n) is 9.34. The van der Waals surface area contributed by atoms with Crippen LogP contribution in [-0.2, 0) is 0 Å². The Morgan fingerprint density at radius 1 is 0.345 bits per heavy atom. The summed E-state index contributed by atoms with van der Waals surface area (Å²) in [5.74, 6) is -3.24. The number of hydrogen-bond acceptors (Lipinski definition) is 8. The monoisotopic (exact) mass is 942 g/mol. The minimum atomic E-state index is -0.987. The molecule has 2 aliphatic carbocycles. The van der Waals surface area contributed by atoms with Crippen molar-refractivity contribution in [3.63, 3.8) is 0 Å². The van der Waals surface area contributed by atoms with Gasteiger partial charge in [0.1, 0.15) is 0 Å². The molecule has 2 fully saturated rings. The molecule has 3 aromatic carbocycles. The van der Waals surface area contributed by atoms with Crippen molar-refractivity contribution >= 4 is 138 Å². The lowest BCUT2D eigenvalue weighted by molar-refractivity contribution is 0.0464. The molecule has 4 heterocycles. The molecule has 4 atom stereocenters. The normalized spacial score (nSPS) is 22.3. The molecule has 4 amide bonds. The third-order valence-corrected chi connectivity index (χ3v) is 15.5. The maximum Gasteiger partial charge on any atom is 0.263 e. The van der Waals surface area contributed by atoms with Crippen molar-refractivity contribution in [3.8, 4) is 0 Å². The maximum atomic E-state index is 14.2. The maximum absolute atomic E-state index is 14.2. The average Bonchev–Trinajstić information content (AvgIpc) is 3.82. The number of fused-ring (bicyclic) bond motifs is 4. The van der Waals surface area contributed by atoms with Gasteiger partial charge in [0.25, 0.3) is 45.9 Å². The zero-order valence-electron chi connectivity index (χ0n) is 29.2. The van der Waals surface area contributed by atoms with E-state index in [9.17, 15) is 38.4 Å². The van der Waals surface area contributed by atoms with E-state index in [2.05, 4.69) is 0 Å². The van der Waals surface area contributed by atoms with Crippen molar-refractivity contribution in [3.05, 3.63) is 116 Å². The molecule has 2 aliphatic heterocycles. The number of rotatable bonds is 4. The largest absolute Gasteiger partial charge is 0.269 e. The van der Waals surface area contributed by atoms with Gasteiger partial charge in [-0.3, -0.25) is 57.3 Å². The summed E-state index contributed by atoms with van der Waals surface area (Å²) < 4.78 is 1.94. The summed E-state index contributed by atoms with van der Waals surface area (Å²) >= 11 is 50.3. The summed E-state index contributed by atoms with van der Waals surface area (Å²) in [6, 6.07) is -1.56. The zero-order valence-corrected chi connectivity index (χ0v) is 35.2. The Hall–Kier alpha value is -3.46. The predicted octanol–water partition coefficient (Wildman–Crippen LogP) is 8.70. The van der Waals surface area contributed by atoms with Crippen LogP contribution in [0.2, 0.25) is 40.2 Å². The minimum Gasteiger partial charge on any atom is -0.269 e. The van der Waals surface area contributed by atoms with Crippen LogP contribution in [0.1, 0.15) is 105 Å². The summed E-state index contributed by atoms with van der Waals surface area (Å²) in [5.41, 5.74) is -4.09.